The maximum atomic E-state index is 9.51. The number of hydrogen-bond donors (Lipinski definition) is 2. The van der Waals surface area contributed by atoms with Crippen LogP contribution in [0.5, 0.6) is 0 Å². The molecule has 1 saturated carbocycles. The van der Waals surface area contributed by atoms with Crippen molar-refractivity contribution in [1.29, 1.82) is 0 Å². The van der Waals surface area contributed by atoms with Crippen LogP contribution >= 0.6 is 0 Å². The molecular formula is C12H17O2U-. The van der Waals surface area contributed by atoms with Crippen molar-refractivity contribution in [3.05, 3.63) is 41.9 Å². The summed E-state index contributed by atoms with van der Waals surface area (Å²) in [6.45, 7) is 7.80. The Balaban J connectivity index is 0.00000196. The van der Waals surface area contributed by atoms with E-state index >= 15 is 0 Å². The largest absolute Gasteiger partial charge is 0.425 e. The molecule has 0 radical (unpaired) electrons. The molecule has 0 aromatic rings. The molecule has 1 fully saturated rings. The van der Waals surface area contributed by atoms with Gasteiger partial charge in [-0.05, 0) is 31.9 Å². The predicted molar refractivity (Wildman–Crippen MR) is 57.6 cm³/mol. The van der Waals surface area contributed by atoms with Crippen molar-refractivity contribution >= 4 is 0 Å². The average molecular weight is 431 g/mol. The van der Waals surface area contributed by atoms with Crippen molar-refractivity contribution in [2.75, 3.05) is 0 Å². The molecule has 0 bridgehead atoms. The van der Waals surface area contributed by atoms with Crippen LogP contribution in [0.2, 0.25) is 0 Å². The Morgan fingerprint density at radius 3 is 2.60 bits per heavy atom. The molecule has 0 unspecified atom stereocenters. The standard InChI is InChI=1S/C12H17O2.U/c1-8(2)4-5-10-6-11(13)7-12(14)9(10)3;/h4-5,7,11-14H,3,6H2,1-2H3;/q-1;/b10-5-;/t11-,12+;/m1./s1. The van der Waals surface area contributed by atoms with E-state index in [2.05, 4.69) is 6.58 Å². The van der Waals surface area contributed by atoms with Crippen molar-refractivity contribution in [3.8, 4) is 0 Å². The molecule has 0 aromatic heterocycles. The molecule has 1 aliphatic carbocycles. The first kappa shape index (κ1) is 15.2. The minimum atomic E-state index is -0.712. The summed E-state index contributed by atoms with van der Waals surface area (Å²) in [7, 11) is 0. The van der Waals surface area contributed by atoms with E-state index in [-0.39, 0.29) is 31.1 Å². The van der Waals surface area contributed by atoms with Crippen LogP contribution < -0.4 is 0 Å². The third-order valence-electron chi connectivity index (χ3n) is 2.22. The summed E-state index contributed by atoms with van der Waals surface area (Å²) < 4.78 is 0. The van der Waals surface area contributed by atoms with Crippen LogP contribution in [0, 0.1) is 37.5 Å². The SMILES string of the molecule is C=C1/C(=C\C=C(C)C)C[C@@H](O)[CH-][C@@H]1O.[U]. The van der Waals surface area contributed by atoms with Gasteiger partial charge in [0.2, 0.25) is 0 Å². The number of rotatable bonds is 1. The summed E-state index contributed by atoms with van der Waals surface area (Å²) in [5.41, 5.74) is 2.80. The fourth-order valence-electron chi connectivity index (χ4n) is 1.38. The first-order valence-corrected chi connectivity index (χ1v) is 4.75. The van der Waals surface area contributed by atoms with Crippen molar-refractivity contribution in [3.63, 3.8) is 0 Å². The fourth-order valence-corrected chi connectivity index (χ4v) is 1.38. The molecule has 0 saturated heterocycles. The van der Waals surface area contributed by atoms with Crippen molar-refractivity contribution in [2.45, 2.75) is 32.5 Å². The van der Waals surface area contributed by atoms with Crippen molar-refractivity contribution in [2.24, 2.45) is 0 Å². The summed E-state index contributed by atoms with van der Waals surface area (Å²) in [5.74, 6) is 0. The van der Waals surface area contributed by atoms with E-state index in [1.165, 1.54) is 12.0 Å². The second-order valence-corrected chi connectivity index (χ2v) is 3.87. The van der Waals surface area contributed by atoms with Gasteiger partial charge in [-0.3, -0.25) is 6.42 Å². The van der Waals surface area contributed by atoms with Gasteiger partial charge >= 0.3 is 0 Å². The molecule has 0 aromatic carbocycles. The number of hydrogen-bond acceptors (Lipinski definition) is 2. The van der Waals surface area contributed by atoms with E-state index in [1.54, 1.807) is 0 Å². The summed E-state index contributed by atoms with van der Waals surface area (Å²) >= 11 is 0. The Kier molecular flexibility index (Phi) is 6.79. The molecule has 82 valence electrons. The molecule has 2 nitrogen and oxygen atoms in total. The first-order valence-electron chi connectivity index (χ1n) is 4.75. The summed E-state index contributed by atoms with van der Waals surface area (Å²) in [6, 6.07) is 0. The number of allylic oxidation sites excluding steroid dienone is 3. The molecule has 0 heterocycles. The van der Waals surface area contributed by atoms with Crippen LogP contribution in [0.15, 0.2) is 35.5 Å². The monoisotopic (exact) mass is 431 g/mol. The summed E-state index contributed by atoms with van der Waals surface area (Å²) in [5, 5.41) is 18.9. The Morgan fingerprint density at radius 2 is 2.07 bits per heavy atom. The van der Waals surface area contributed by atoms with Crippen LogP contribution in [0.4, 0.5) is 0 Å². The Hall–Kier alpha value is 0.192. The third-order valence-corrected chi connectivity index (χ3v) is 2.22. The molecule has 15 heavy (non-hydrogen) atoms. The van der Waals surface area contributed by atoms with Crippen LogP contribution in [-0.2, 0) is 0 Å². The number of aliphatic hydroxyl groups is 2. The van der Waals surface area contributed by atoms with Crippen LogP contribution in [-0.4, -0.2) is 22.4 Å². The maximum Gasteiger partial charge on any atom is 0 e. The molecule has 0 spiro atoms. The van der Waals surface area contributed by atoms with E-state index in [9.17, 15) is 10.2 Å². The minimum Gasteiger partial charge on any atom is -0.425 e. The molecule has 3 heteroatoms. The first-order chi connectivity index (χ1) is 6.50. The van der Waals surface area contributed by atoms with Gasteiger partial charge in [0.1, 0.15) is 0 Å². The van der Waals surface area contributed by atoms with Crippen molar-refractivity contribution in [1.82, 2.24) is 0 Å². The Bertz CT molecular complexity index is 288. The maximum absolute atomic E-state index is 9.51. The van der Waals surface area contributed by atoms with E-state index in [4.69, 9.17) is 0 Å². The van der Waals surface area contributed by atoms with Crippen LogP contribution in [0.25, 0.3) is 0 Å². The van der Waals surface area contributed by atoms with E-state index in [0.29, 0.717) is 12.0 Å². The normalized spacial score (nSPS) is 28.5. The van der Waals surface area contributed by atoms with Gasteiger partial charge in [0.25, 0.3) is 0 Å². The smallest absolute Gasteiger partial charge is 0 e. The average Bonchev–Trinajstić information content (AvgIpc) is 2.08. The van der Waals surface area contributed by atoms with Gasteiger partial charge in [0.05, 0.1) is 0 Å². The van der Waals surface area contributed by atoms with Gasteiger partial charge < -0.3 is 10.2 Å². The zero-order chi connectivity index (χ0) is 10.7. The zero-order valence-corrected chi connectivity index (χ0v) is 13.4. The third kappa shape index (κ3) is 4.70. The molecule has 1 rings (SSSR count). The quantitative estimate of drug-likeness (QED) is 0.622. The van der Waals surface area contributed by atoms with Gasteiger partial charge in [-0.1, -0.05) is 36.0 Å². The van der Waals surface area contributed by atoms with Crippen molar-refractivity contribution < 1.29 is 41.3 Å². The van der Waals surface area contributed by atoms with Crippen LogP contribution in [0.3, 0.4) is 0 Å². The molecule has 2 N–H and O–H groups in total. The topological polar surface area (TPSA) is 40.5 Å². The van der Waals surface area contributed by atoms with E-state index in [0.717, 1.165) is 5.57 Å². The molecular weight excluding hydrogens is 414 g/mol. The fraction of sp³-hybridized carbons (Fsp3) is 0.417. The van der Waals surface area contributed by atoms with E-state index in [1.807, 2.05) is 26.0 Å². The van der Waals surface area contributed by atoms with Gasteiger partial charge in [0.15, 0.2) is 0 Å². The Labute approximate surface area is 115 Å². The van der Waals surface area contributed by atoms with Crippen LogP contribution in [0.1, 0.15) is 20.3 Å². The van der Waals surface area contributed by atoms with E-state index < -0.39 is 12.2 Å². The predicted octanol–water partition coefficient (Wildman–Crippen LogP) is 1.76. The molecule has 0 amide bonds. The Morgan fingerprint density at radius 1 is 1.47 bits per heavy atom. The van der Waals surface area contributed by atoms with Gasteiger partial charge in [-0.25, -0.2) is 0 Å². The molecule has 0 aliphatic heterocycles. The summed E-state index contributed by atoms with van der Waals surface area (Å²) in [4.78, 5) is 0. The van der Waals surface area contributed by atoms with Gasteiger partial charge in [-0.2, -0.15) is 0 Å². The number of aliphatic hydroxyl groups excluding tert-OH is 2. The minimum absolute atomic E-state index is 0. The zero-order valence-electron chi connectivity index (χ0n) is 9.20. The summed E-state index contributed by atoms with van der Waals surface area (Å²) in [6.07, 6.45) is 4.65. The molecule has 1 aliphatic rings. The van der Waals surface area contributed by atoms with Gasteiger partial charge in [0, 0.05) is 31.1 Å². The van der Waals surface area contributed by atoms with Gasteiger partial charge in [-0.15, -0.1) is 0 Å². The second-order valence-electron chi connectivity index (χ2n) is 3.87. The molecule has 2 atom stereocenters. The second kappa shape index (κ2) is 6.71.